The van der Waals surface area contributed by atoms with Gasteiger partial charge in [0, 0.05) is 17.7 Å². The van der Waals surface area contributed by atoms with Crippen molar-refractivity contribution in [3.63, 3.8) is 0 Å². The SMILES string of the molecule is CCNC(c1cc(C)ccc1Br)c1ccnn1C. The molecule has 1 unspecified atom stereocenters. The maximum absolute atomic E-state index is 4.26. The number of halogens is 1. The predicted octanol–water partition coefficient (Wildman–Crippen LogP) is 3.19. The maximum atomic E-state index is 4.26. The zero-order valence-corrected chi connectivity index (χ0v) is 12.5. The molecule has 0 saturated heterocycles. The summed E-state index contributed by atoms with van der Waals surface area (Å²) in [6.07, 6.45) is 1.84. The molecule has 2 aromatic rings. The van der Waals surface area contributed by atoms with Crippen LogP contribution in [0.15, 0.2) is 34.9 Å². The number of hydrogen-bond acceptors (Lipinski definition) is 2. The van der Waals surface area contributed by atoms with E-state index in [0.717, 1.165) is 11.0 Å². The van der Waals surface area contributed by atoms with Crippen molar-refractivity contribution in [1.82, 2.24) is 15.1 Å². The second-order valence-corrected chi connectivity index (χ2v) is 5.25. The van der Waals surface area contributed by atoms with Gasteiger partial charge in [0.05, 0.1) is 11.7 Å². The molecule has 0 aliphatic rings. The van der Waals surface area contributed by atoms with Gasteiger partial charge >= 0.3 is 0 Å². The zero-order valence-electron chi connectivity index (χ0n) is 10.9. The summed E-state index contributed by atoms with van der Waals surface area (Å²) in [4.78, 5) is 0. The van der Waals surface area contributed by atoms with Crippen molar-refractivity contribution in [3.05, 3.63) is 51.8 Å². The van der Waals surface area contributed by atoms with Gasteiger partial charge < -0.3 is 5.32 Å². The van der Waals surface area contributed by atoms with Crippen molar-refractivity contribution in [2.45, 2.75) is 19.9 Å². The minimum atomic E-state index is 0.164. The van der Waals surface area contributed by atoms with E-state index in [0.29, 0.717) is 0 Å². The third-order valence-electron chi connectivity index (χ3n) is 3.03. The number of aryl methyl sites for hydroxylation is 2. The van der Waals surface area contributed by atoms with E-state index in [1.807, 2.05) is 17.9 Å². The first kappa shape index (κ1) is 13.3. The van der Waals surface area contributed by atoms with Gasteiger partial charge in [0.25, 0.3) is 0 Å². The lowest BCUT2D eigenvalue weighted by Crippen LogP contribution is -2.24. The van der Waals surface area contributed by atoms with Crippen LogP contribution < -0.4 is 5.32 Å². The van der Waals surface area contributed by atoms with Crippen LogP contribution in [0.5, 0.6) is 0 Å². The van der Waals surface area contributed by atoms with E-state index in [9.17, 15) is 0 Å². The topological polar surface area (TPSA) is 29.9 Å². The Balaban J connectivity index is 2.48. The molecule has 4 heteroatoms. The lowest BCUT2D eigenvalue weighted by Gasteiger charge is -2.20. The van der Waals surface area contributed by atoms with Crippen molar-refractivity contribution in [2.24, 2.45) is 7.05 Å². The summed E-state index contributed by atoms with van der Waals surface area (Å²) in [5.74, 6) is 0. The summed E-state index contributed by atoms with van der Waals surface area (Å²) in [5, 5.41) is 7.78. The van der Waals surface area contributed by atoms with E-state index in [4.69, 9.17) is 0 Å². The third-order valence-corrected chi connectivity index (χ3v) is 3.75. The van der Waals surface area contributed by atoms with Crippen LogP contribution in [0.4, 0.5) is 0 Å². The summed E-state index contributed by atoms with van der Waals surface area (Å²) < 4.78 is 3.04. The Kier molecular flexibility index (Phi) is 4.19. The van der Waals surface area contributed by atoms with Crippen molar-refractivity contribution in [2.75, 3.05) is 6.54 Å². The molecule has 1 atom stereocenters. The molecular weight excluding hydrogens is 290 g/mol. The van der Waals surface area contributed by atoms with Crippen LogP contribution in [-0.2, 0) is 7.05 Å². The predicted molar refractivity (Wildman–Crippen MR) is 77.6 cm³/mol. The monoisotopic (exact) mass is 307 g/mol. The Hall–Kier alpha value is -1.13. The highest BCUT2D eigenvalue weighted by Gasteiger charge is 2.18. The third kappa shape index (κ3) is 2.65. The molecule has 0 saturated carbocycles. The van der Waals surface area contributed by atoms with Crippen LogP contribution in [0.25, 0.3) is 0 Å². The Morgan fingerprint density at radius 3 is 2.78 bits per heavy atom. The fourth-order valence-electron chi connectivity index (χ4n) is 2.13. The Morgan fingerprint density at radius 1 is 1.39 bits per heavy atom. The van der Waals surface area contributed by atoms with Gasteiger partial charge in [-0.25, -0.2) is 0 Å². The molecule has 0 radical (unpaired) electrons. The highest BCUT2D eigenvalue weighted by atomic mass is 79.9. The smallest absolute Gasteiger partial charge is 0.0759 e. The van der Waals surface area contributed by atoms with Crippen LogP contribution in [0, 0.1) is 6.92 Å². The van der Waals surface area contributed by atoms with E-state index in [1.165, 1.54) is 16.8 Å². The van der Waals surface area contributed by atoms with E-state index < -0.39 is 0 Å². The van der Waals surface area contributed by atoms with Crippen LogP contribution >= 0.6 is 15.9 Å². The fourth-order valence-corrected chi connectivity index (χ4v) is 2.61. The van der Waals surface area contributed by atoms with Gasteiger partial charge in [-0.05, 0) is 31.2 Å². The largest absolute Gasteiger partial charge is 0.305 e. The van der Waals surface area contributed by atoms with Gasteiger partial charge in [-0.2, -0.15) is 5.10 Å². The standard InChI is InChI=1S/C14H18BrN3/c1-4-16-14(13-7-8-17-18(13)3)11-9-10(2)5-6-12(11)15/h5-9,14,16H,4H2,1-3H3. The number of nitrogens with zero attached hydrogens (tertiary/aromatic N) is 2. The van der Waals surface area contributed by atoms with Gasteiger partial charge in [-0.1, -0.05) is 40.5 Å². The van der Waals surface area contributed by atoms with E-state index >= 15 is 0 Å². The lowest BCUT2D eigenvalue weighted by atomic mass is 10.0. The molecule has 0 aliphatic heterocycles. The highest BCUT2D eigenvalue weighted by Crippen LogP contribution is 2.29. The molecule has 18 heavy (non-hydrogen) atoms. The summed E-state index contributed by atoms with van der Waals surface area (Å²) in [6.45, 7) is 5.14. The molecule has 0 amide bonds. The van der Waals surface area contributed by atoms with Crippen LogP contribution in [0.2, 0.25) is 0 Å². The number of benzene rings is 1. The van der Waals surface area contributed by atoms with Gasteiger partial charge in [-0.3, -0.25) is 4.68 Å². The average Bonchev–Trinajstić information content (AvgIpc) is 2.76. The first-order chi connectivity index (χ1) is 8.63. The normalized spacial score (nSPS) is 12.7. The highest BCUT2D eigenvalue weighted by molar-refractivity contribution is 9.10. The quantitative estimate of drug-likeness (QED) is 0.940. The molecule has 96 valence electrons. The van der Waals surface area contributed by atoms with E-state index in [1.54, 1.807) is 0 Å². The maximum Gasteiger partial charge on any atom is 0.0759 e. The molecule has 1 aromatic carbocycles. The minimum Gasteiger partial charge on any atom is -0.305 e. The van der Waals surface area contributed by atoms with E-state index in [2.05, 4.69) is 64.5 Å². The van der Waals surface area contributed by atoms with E-state index in [-0.39, 0.29) is 6.04 Å². The summed E-state index contributed by atoms with van der Waals surface area (Å²) in [7, 11) is 1.98. The molecule has 1 heterocycles. The molecule has 3 nitrogen and oxygen atoms in total. The average molecular weight is 308 g/mol. The van der Waals surface area contributed by atoms with Crippen molar-refractivity contribution >= 4 is 15.9 Å². The lowest BCUT2D eigenvalue weighted by molar-refractivity contribution is 0.571. The first-order valence-electron chi connectivity index (χ1n) is 6.10. The van der Waals surface area contributed by atoms with Crippen molar-refractivity contribution in [3.8, 4) is 0 Å². The van der Waals surface area contributed by atoms with Crippen molar-refractivity contribution < 1.29 is 0 Å². The van der Waals surface area contributed by atoms with Crippen LogP contribution in [0.3, 0.4) is 0 Å². The summed E-state index contributed by atoms with van der Waals surface area (Å²) in [5.41, 5.74) is 3.68. The molecule has 1 aromatic heterocycles. The zero-order chi connectivity index (χ0) is 13.1. The number of aromatic nitrogens is 2. The minimum absolute atomic E-state index is 0.164. The van der Waals surface area contributed by atoms with Gasteiger partial charge in [0.2, 0.25) is 0 Å². The number of hydrogen-bond donors (Lipinski definition) is 1. The van der Waals surface area contributed by atoms with Crippen LogP contribution in [0.1, 0.15) is 29.8 Å². The number of rotatable bonds is 4. The summed E-state index contributed by atoms with van der Waals surface area (Å²) in [6, 6.07) is 8.65. The molecular formula is C14H18BrN3. The Bertz CT molecular complexity index is 534. The van der Waals surface area contributed by atoms with Crippen molar-refractivity contribution in [1.29, 1.82) is 0 Å². The van der Waals surface area contributed by atoms with Gasteiger partial charge in [0.1, 0.15) is 0 Å². The van der Waals surface area contributed by atoms with Crippen LogP contribution in [-0.4, -0.2) is 16.3 Å². The molecule has 1 N–H and O–H groups in total. The molecule has 0 fully saturated rings. The summed E-state index contributed by atoms with van der Waals surface area (Å²) >= 11 is 3.64. The second-order valence-electron chi connectivity index (χ2n) is 4.40. The molecule has 2 rings (SSSR count). The van der Waals surface area contributed by atoms with Gasteiger partial charge in [-0.15, -0.1) is 0 Å². The fraction of sp³-hybridized carbons (Fsp3) is 0.357. The van der Waals surface area contributed by atoms with Gasteiger partial charge in [0.15, 0.2) is 0 Å². The number of nitrogens with one attached hydrogen (secondary N) is 1. The Morgan fingerprint density at radius 2 is 2.17 bits per heavy atom. The second kappa shape index (κ2) is 5.67. The Labute approximate surface area is 116 Å². The molecule has 0 bridgehead atoms. The first-order valence-corrected chi connectivity index (χ1v) is 6.90. The molecule has 0 aliphatic carbocycles. The molecule has 0 spiro atoms.